The molecule has 1 aliphatic rings. The first-order valence-corrected chi connectivity index (χ1v) is 8.55. The summed E-state index contributed by atoms with van der Waals surface area (Å²) in [5.41, 5.74) is 0. The second kappa shape index (κ2) is 8.15. The molecule has 0 aliphatic carbocycles. The number of likely N-dealkylation sites (tertiary alicyclic amines) is 1. The highest BCUT2D eigenvalue weighted by Gasteiger charge is 2.21. The predicted molar refractivity (Wildman–Crippen MR) is 84.7 cm³/mol. The number of rotatable bonds is 6. The number of thioether (sulfide) groups is 1. The number of carbonyl (C=O) groups is 1. The van der Waals surface area contributed by atoms with E-state index >= 15 is 0 Å². The van der Waals surface area contributed by atoms with Gasteiger partial charge in [-0.2, -0.15) is 0 Å². The topological polar surface area (TPSA) is 32.3 Å². The minimum absolute atomic E-state index is 0.168. The quantitative estimate of drug-likeness (QED) is 0.815. The Morgan fingerprint density at radius 2 is 1.95 bits per heavy atom. The van der Waals surface area contributed by atoms with Gasteiger partial charge in [0.15, 0.2) is 0 Å². The van der Waals surface area contributed by atoms with Crippen LogP contribution in [0, 0.1) is 0 Å². The lowest BCUT2D eigenvalue weighted by molar-refractivity contribution is -0.119. The smallest absolute Gasteiger partial charge is 0.230 e. The van der Waals surface area contributed by atoms with Gasteiger partial charge in [0.25, 0.3) is 0 Å². The van der Waals surface area contributed by atoms with Crippen molar-refractivity contribution in [3.05, 3.63) is 0 Å². The second-order valence-corrected chi connectivity index (χ2v) is 8.24. The van der Waals surface area contributed by atoms with E-state index in [1.807, 2.05) is 0 Å². The SMILES string of the molecule is CCCCN1CCC(NC(=O)CSC(C)(C)C)CC1. The largest absolute Gasteiger partial charge is 0.353 e. The van der Waals surface area contributed by atoms with Crippen molar-refractivity contribution in [1.29, 1.82) is 0 Å². The van der Waals surface area contributed by atoms with Crippen LogP contribution in [0.3, 0.4) is 0 Å². The molecule has 1 rings (SSSR count). The maximum atomic E-state index is 11.9. The molecule has 1 amide bonds. The normalized spacial score (nSPS) is 18.5. The van der Waals surface area contributed by atoms with Crippen LogP contribution in [0.1, 0.15) is 53.4 Å². The number of nitrogens with zero attached hydrogens (tertiary/aromatic N) is 1. The molecule has 1 N–H and O–H groups in total. The molecule has 0 spiro atoms. The van der Waals surface area contributed by atoms with Gasteiger partial charge >= 0.3 is 0 Å². The lowest BCUT2D eigenvalue weighted by Gasteiger charge is -2.32. The third-order valence-electron chi connectivity index (χ3n) is 3.42. The Hall–Kier alpha value is -0.220. The van der Waals surface area contributed by atoms with Crippen LogP contribution < -0.4 is 5.32 Å². The zero-order valence-corrected chi connectivity index (χ0v) is 13.8. The van der Waals surface area contributed by atoms with Gasteiger partial charge in [-0.3, -0.25) is 4.79 Å². The molecule has 0 unspecified atom stereocenters. The monoisotopic (exact) mass is 286 g/mol. The molecular weight excluding hydrogens is 256 g/mol. The third-order valence-corrected chi connectivity index (χ3v) is 4.69. The maximum absolute atomic E-state index is 11.9. The number of amides is 1. The van der Waals surface area contributed by atoms with Crippen LogP contribution >= 0.6 is 11.8 Å². The Kier molecular flexibility index (Phi) is 7.22. The molecule has 4 heteroatoms. The number of unbranched alkanes of at least 4 members (excludes halogenated alkanes) is 1. The summed E-state index contributed by atoms with van der Waals surface area (Å²) in [7, 11) is 0. The van der Waals surface area contributed by atoms with Gasteiger partial charge < -0.3 is 10.2 Å². The molecule has 1 saturated heterocycles. The van der Waals surface area contributed by atoms with E-state index in [0.717, 1.165) is 25.9 Å². The van der Waals surface area contributed by atoms with Crippen molar-refractivity contribution in [2.45, 2.75) is 64.2 Å². The molecule has 0 aromatic rings. The van der Waals surface area contributed by atoms with Crippen LogP contribution in [0.2, 0.25) is 0 Å². The van der Waals surface area contributed by atoms with Crippen molar-refractivity contribution in [3.8, 4) is 0 Å². The van der Waals surface area contributed by atoms with Gasteiger partial charge in [0, 0.05) is 23.9 Å². The van der Waals surface area contributed by atoms with Gasteiger partial charge in [-0.05, 0) is 25.8 Å². The van der Waals surface area contributed by atoms with E-state index in [2.05, 4.69) is 37.9 Å². The molecule has 0 aromatic heterocycles. The third kappa shape index (κ3) is 7.83. The summed E-state index contributed by atoms with van der Waals surface area (Å²) in [6, 6.07) is 0.394. The molecule has 19 heavy (non-hydrogen) atoms. The van der Waals surface area contributed by atoms with Crippen molar-refractivity contribution in [1.82, 2.24) is 10.2 Å². The highest BCUT2D eigenvalue weighted by atomic mass is 32.2. The van der Waals surface area contributed by atoms with Crippen LogP contribution in [-0.2, 0) is 4.79 Å². The van der Waals surface area contributed by atoms with E-state index in [1.54, 1.807) is 11.8 Å². The van der Waals surface area contributed by atoms with Crippen molar-refractivity contribution in [2.24, 2.45) is 0 Å². The first kappa shape index (κ1) is 16.8. The van der Waals surface area contributed by atoms with Crippen molar-refractivity contribution < 1.29 is 4.79 Å². The molecular formula is C15H30N2OS. The Morgan fingerprint density at radius 1 is 1.32 bits per heavy atom. The summed E-state index contributed by atoms with van der Waals surface area (Å²) in [5, 5.41) is 3.18. The van der Waals surface area contributed by atoms with E-state index in [4.69, 9.17) is 0 Å². The van der Waals surface area contributed by atoms with E-state index in [1.165, 1.54) is 19.4 Å². The van der Waals surface area contributed by atoms with Gasteiger partial charge in [-0.15, -0.1) is 11.8 Å². The number of piperidine rings is 1. The number of hydrogen-bond donors (Lipinski definition) is 1. The molecule has 0 atom stereocenters. The van der Waals surface area contributed by atoms with Gasteiger partial charge in [0.05, 0.1) is 5.75 Å². The van der Waals surface area contributed by atoms with Crippen LogP contribution in [0.4, 0.5) is 0 Å². The maximum Gasteiger partial charge on any atom is 0.230 e. The van der Waals surface area contributed by atoms with Crippen LogP contribution in [0.25, 0.3) is 0 Å². The minimum atomic E-state index is 0.168. The Labute approximate surface area is 122 Å². The van der Waals surface area contributed by atoms with Crippen molar-refractivity contribution >= 4 is 17.7 Å². The number of hydrogen-bond acceptors (Lipinski definition) is 3. The minimum Gasteiger partial charge on any atom is -0.353 e. The molecule has 112 valence electrons. The van der Waals surface area contributed by atoms with Crippen LogP contribution in [-0.4, -0.2) is 47.0 Å². The Morgan fingerprint density at radius 3 is 2.47 bits per heavy atom. The summed E-state index contributed by atoms with van der Waals surface area (Å²) in [6.07, 6.45) is 4.77. The zero-order valence-electron chi connectivity index (χ0n) is 13.0. The highest BCUT2D eigenvalue weighted by molar-refractivity contribution is 8.01. The molecule has 1 heterocycles. The van der Waals surface area contributed by atoms with Gasteiger partial charge in [-0.25, -0.2) is 0 Å². The molecule has 0 saturated carbocycles. The zero-order chi connectivity index (χ0) is 14.3. The number of carbonyl (C=O) groups excluding carboxylic acids is 1. The first-order chi connectivity index (χ1) is 8.90. The molecule has 0 aromatic carbocycles. The van der Waals surface area contributed by atoms with E-state index in [0.29, 0.717) is 11.8 Å². The Balaban J connectivity index is 2.16. The fourth-order valence-electron chi connectivity index (χ4n) is 2.23. The van der Waals surface area contributed by atoms with E-state index in [9.17, 15) is 4.79 Å². The Bertz CT molecular complexity index is 268. The fourth-order valence-corrected chi connectivity index (χ4v) is 2.88. The molecule has 1 aliphatic heterocycles. The molecule has 3 nitrogen and oxygen atoms in total. The summed E-state index contributed by atoms with van der Waals surface area (Å²) < 4.78 is 0.168. The molecule has 0 radical (unpaired) electrons. The highest BCUT2D eigenvalue weighted by Crippen LogP contribution is 2.22. The lowest BCUT2D eigenvalue weighted by atomic mass is 10.0. The summed E-state index contributed by atoms with van der Waals surface area (Å²) in [6.45, 7) is 12.2. The van der Waals surface area contributed by atoms with Crippen LogP contribution in [0.15, 0.2) is 0 Å². The average molecular weight is 286 g/mol. The lowest BCUT2D eigenvalue weighted by Crippen LogP contribution is -2.45. The van der Waals surface area contributed by atoms with Crippen LogP contribution in [0.5, 0.6) is 0 Å². The second-order valence-electron chi connectivity index (χ2n) is 6.44. The van der Waals surface area contributed by atoms with Crippen molar-refractivity contribution in [2.75, 3.05) is 25.4 Å². The van der Waals surface area contributed by atoms with Gasteiger partial charge in [0.2, 0.25) is 5.91 Å². The standard InChI is InChI=1S/C15H30N2OS/c1-5-6-9-17-10-7-13(8-11-17)16-14(18)12-19-15(2,3)4/h13H,5-12H2,1-4H3,(H,16,18). The molecule has 1 fully saturated rings. The first-order valence-electron chi connectivity index (χ1n) is 7.56. The van der Waals surface area contributed by atoms with E-state index in [-0.39, 0.29) is 10.7 Å². The van der Waals surface area contributed by atoms with Crippen molar-refractivity contribution in [3.63, 3.8) is 0 Å². The van der Waals surface area contributed by atoms with E-state index < -0.39 is 0 Å². The summed E-state index contributed by atoms with van der Waals surface area (Å²) in [4.78, 5) is 14.4. The fraction of sp³-hybridized carbons (Fsp3) is 0.933. The van der Waals surface area contributed by atoms with Gasteiger partial charge in [-0.1, -0.05) is 34.1 Å². The summed E-state index contributed by atoms with van der Waals surface area (Å²) in [5.74, 6) is 0.784. The summed E-state index contributed by atoms with van der Waals surface area (Å²) >= 11 is 1.72. The number of nitrogens with one attached hydrogen (secondary N) is 1. The molecule has 0 bridgehead atoms. The average Bonchev–Trinajstić information content (AvgIpc) is 2.35. The van der Waals surface area contributed by atoms with Gasteiger partial charge in [0.1, 0.15) is 0 Å². The predicted octanol–water partition coefficient (Wildman–Crippen LogP) is 2.90.